The lowest BCUT2D eigenvalue weighted by Gasteiger charge is -2.09. The predicted octanol–water partition coefficient (Wildman–Crippen LogP) is 3.55. The fourth-order valence-electron chi connectivity index (χ4n) is 2.66. The highest BCUT2D eigenvalue weighted by Crippen LogP contribution is 2.37. The van der Waals surface area contributed by atoms with Crippen LogP contribution in [0.15, 0.2) is 34.9 Å². The summed E-state index contributed by atoms with van der Waals surface area (Å²) in [6, 6.07) is 7.64. The zero-order chi connectivity index (χ0) is 15.3. The summed E-state index contributed by atoms with van der Waals surface area (Å²) in [6.45, 7) is 4.65. The molecule has 3 aromatic rings. The molecule has 0 N–H and O–H groups in total. The molecule has 0 saturated carbocycles. The largest absolute Gasteiger partial charge is 0.495 e. The molecule has 5 heteroatoms. The van der Waals surface area contributed by atoms with Crippen molar-refractivity contribution in [1.82, 2.24) is 4.98 Å². The van der Waals surface area contributed by atoms with Crippen molar-refractivity contribution < 1.29 is 18.6 Å². The first-order chi connectivity index (χ1) is 10.6. The van der Waals surface area contributed by atoms with Gasteiger partial charge in [-0.05, 0) is 32.0 Å². The van der Waals surface area contributed by atoms with Crippen molar-refractivity contribution in [3.05, 3.63) is 30.5 Å². The van der Waals surface area contributed by atoms with Crippen LogP contribution in [0.5, 0.6) is 11.5 Å². The molecule has 1 unspecified atom stereocenters. The van der Waals surface area contributed by atoms with Gasteiger partial charge >= 0.3 is 0 Å². The van der Waals surface area contributed by atoms with Crippen molar-refractivity contribution >= 4 is 22.0 Å². The highest BCUT2D eigenvalue weighted by atomic mass is 16.6. The molecule has 1 aliphatic heterocycles. The number of benzene rings is 1. The Balaban J connectivity index is 1.69. The van der Waals surface area contributed by atoms with E-state index in [1.165, 1.54) is 0 Å². The van der Waals surface area contributed by atoms with Crippen LogP contribution in [-0.4, -0.2) is 30.4 Å². The number of hydrogen-bond donors (Lipinski definition) is 0. The molecule has 4 rings (SSSR count). The van der Waals surface area contributed by atoms with E-state index in [4.69, 9.17) is 18.6 Å². The first-order valence-corrected chi connectivity index (χ1v) is 7.24. The van der Waals surface area contributed by atoms with Crippen molar-refractivity contribution in [2.75, 3.05) is 13.7 Å². The minimum Gasteiger partial charge on any atom is -0.495 e. The van der Waals surface area contributed by atoms with Crippen molar-refractivity contribution in [3.63, 3.8) is 0 Å². The Morgan fingerprint density at radius 1 is 1.23 bits per heavy atom. The molecule has 3 heterocycles. The third-order valence-electron chi connectivity index (χ3n) is 4.09. The summed E-state index contributed by atoms with van der Waals surface area (Å²) in [7, 11) is 1.65. The standard InChI is InChI=1S/C17H17NO4/c1-17(2)14(22-17)9-21-10-4-5-11-13(8-10)18-16-12(6-7-20-16)15(11)19-3/h4-8,14H,9H2,1-3H3. The minimum atomic E-state index is -0.0708. The molecule has 2 aromatic heterocycles. The Bertz CT molecular complexity index is 852. The van der Waals surface area contributed by atoms with Crippen molar-refractivity contribution in [3.8, 4) is 11.5 Å². The molecule has 0 bridgehead atoms. The summed E-state index contributed by atoms with van der Waals surface area (Å²) in [5.74, 6) is 1.53. The maximum atomic E-state index is 5.80. The quantitative estimate of drug-likeness (QED) is 0.690. The number of methoxy groups -OCH3 is 1. The maximum Gasteiger partial charge on any atom is 0.230 e. The molecule has 1 aromatic carbocycles. The second kappa shape index (κ2) is 4.61. The van der Waals surface area contributed by atoms with E-state index in [9.17, 15) is 0 Å². The highest BCUT2D eigenvalue weighted by molar-refractivity contribution is 5.99. The molecule has 1 saturated heterocycles. The fraction of sp³-hybridized carbons (Fsp3) is 0.353. The van der Waals surface area contributed by atoms with Crippen LogP contribution in [-0.2, 0) is 4.74 Å². The molecule has 0 radical (unpaired) electrons. The Hall–Kier alpha value is -2.27. The van der Waals surface area contributed by atoms with E-state index < -0.39 is 0 Å². The number of pyridine rings is 1. The SMILES string of the molecule is COc1c2ccc(OCC3OC3(C)C)cc2nc2occc12. The third kappa shape index (κ3) is 2.09. The lowest BCUT2D eigenvalue weighted by Crippen LogP contribution is -2.12. The van der Waals surface area contributed by atoms with Crippen LogP contribution in [0.25, 0.3) is 22.0 Å². The van der Waals surface area contributed by atoms with E-state index in [0.29, 0.717) is 12.3 Å². The van der Waals surface area contributed by atoms with Gasteiger partial charge in [-0.15, -0.1) is 0 Å². The van der Waals surface area contributed by atoms with Crippen LogP contribution < -0.4 is 9.47 Å². The Kier molecular flexibility index (Phi) is 2.81. The number of aromatic nitrogens is 1. The number of epoxide rings is 1. The Morgan fingerprint density at radius 3 is 2.77 bits per heavy atom. The van der Waals surface area contributed by atoms with E-state index in [0.717, 1.165) is 27.8 Å². The molecule has 1 fully saturated rings. The van der Waals surface area contributed by atoms with E-state index in [1.807, 2.05) is 24.3 Å². The third-order valence-corrected chi connectivity index (χ3v) is 4.09. The fourth-order valence-corrected chi connectivity index (χ4v) is 2.66. The number of nitrogens with zero attached hydrogens (tertiary/aromatic N) is 1. The van der Waals surface area contributed by atoms with Gasteiger partial charge < -0.3 is 18.6 Å². The number of hydrogen-bond acceptors (Lipinski definition) is 5. The van der Waals surface area contributed by atoms with Gasteiger partial charge in [-0.2, -0.15) is 0 Å². The summed E-state index contributed by atoms with van der Waals surface area (Å²) in [6.07, 6.45) is 1.77. The summed E-state index contributed by atoms with van der Waals surface area (Å²) in [4.78, 5) is 4.52. The van der Waals surface area contributed by atoms with Crippen LogP contribution in [0, 0.1) is 0 Å². The van der Waals surface area contributed by atoms with Gasteiger partial charge in [0, 0.05) is 11.5 Å². The van der Waals surface area contributed by atoms with Crippen molar-refractivity contribution in [1.29, 1.82) is 0 Å². The number of ether oxygens (including phenoxy) is 3. The summed E-state index contributed by atoms with van der Waals surface area (Å²) in [5.41, 5.74) is 1.28. The van der Waals surface area contributed by atoms with Crippen molar-refractivity contribution in [2.24, 2.45) is 0 Å². The van der Waals surface area contributed by atoms with Gasteiger partial charge in [0.05, 0.1) is 29.9 Å². The zero-order valence-corrected chi connectivity index (χ0v) is 12.8. The molecule has 5 nitrogen and oxygen atoms in total. The Labute approximate surface area is 127 Å². The van der Waals surface area contributed by atoms with Crippen molar-refractivity contribution in [2.45, 2.75) is 25.6 Å². The molecule has 1 atom stereocenters. The lowest BCUT2D eigenvalue weighted by molar-refractivity contribution is 0.254. The van der Waals surface area contributed by atoms with E-state index in [1.54, 1.807) is 13.4 Å². The second-order valence-corrected chi connectivity index (χ2v) is 5.98. The van der Waals surface area contributed by atoms with E-state index in [2.05, 4.69) is 18.8 Å². The zero-order valence-electron chi connectivity index (χ0n) is 12.8. The van der Waals surface area contributed by atoms with E-state index >= 15 is 0 Å². The molecule has 0 spiro atoms. The number of furan rings is 1. The summed E-state index contributed by atoms with van der Waals surface area (Å²) < 4.78 is 22.2. The minimum absolute atomic E-state index is 0.0708. The maximum absolute atomic E-state index is 5.80. The summed E-state index contributed by atoms with van der Waals surface area (Å²) in [5, 5.41) is 1.81. The first kappa shape index (κ1) is 13.4. The van der Waals surface area contributed by atoms with Gasteiger partial charge in [-0.1, -0.05) is 0 Å². The van der Waals surface area contributed by atoms with Crippen LogP contribution in [0.4, 0.5) is 0 Å². The molecular weight excluding hydrogens is 282 g/mol. The van der Waals surface area contributed by atoms with Gasteiger partial charge in [0.1, 0.15) is 24.2 Å². The molecular formula is C17H17NO4. The molecule has 114 valence electrons. The first-order valence-electron chi connectivity index (χ1n) is 7.24. The van der Waals surface area contributed by atoms with Gasteiger partial charge in [-0.25, -0.2) is 4.98 Å². The van der Waals surface area contributed by atoms with Crippen LogP contribution in [0.1, 0.15) is 13.8 Å². The normalized spacial score (nSPS) is 19.5. The van der Waals surface area contributed by atoms with Crippen LogP contribution in [0.2, 0.25) is 0 Å². The molecule has 22 heavy (non-hydrogen) atoms. The molecule has 0 aliphatic carbocycles. The molecule has 0 amide bonds. The number of rotatable bonds is 4. The van der Waals surface area contributed by atoms with Gasteiger partial charge in [0.2, 0.25) is 5.71 Å². The second-order valence-electron chi connectivity index (χ2n) is 5.98. The topological polar surface area (TPSA) is 57.0 Å². The average molecular weight is 299 g/mol. The van der Waals surface area contributed by atoms with Gasteiger partial charge in [0.25, 0.3) is 0 Å². The smallest absolute Gasteiger partial charge is 0.230 e. The Morgan fingerprint density at radius 2 is 2.05 bits per heavy atom. The molecule has 1 aliphatic rings. The van der Waals surface area contributed by atoms with E-state index in [-0.39, 0.29) is 11.7 Å². The highest BCUT2D eigenvalue weighted by Gasteiger charge is 2.48. The monoisotopic (exact) mass is 299 g/mol. The van der Waals surface area contributed by atoms with Gasteiger partial charge in [-0.3, -0.25) is 0 Å². The summed E-state index contributed by atoms with van der Waals surface area (Å²) >= 11 is 0. The average Bonchev–Trinajstić information content (AvgIpc) is 2.89. The predicted molar refractivity (Wildman–Crippen MR) is 82.5 cm³/mol. The lowest BCUT2D eigenvalue weighted by atomic mass is 10.1. The van der Waals surface area contributed by atoms with Gasteiger partial charge in [0.15, 0.2) is 0 Å². The number of fused-ring (bicyclic) bond motifs is 2. The van der Waals surface area contributed by atoms with Crippen LogP contribution in [0.3, 0.4) is 0 Å². The van der Waals surface area contributed by atoms with Crippen LogP contribution >= 0.6 is 0 Å².